The van der Waals surface area contributed by atoms with E-state index in [4.69, 9.17) is 5.73 Å². The Kier molecular flexibility index (Phi) is 3.24. The van der Waals surface area contributed by atoms with Gasteiger partial charge in [-0.15, -0.1) is 11.3 Å². The van der Waals surface area contributed by atoms with E-state index < -0.39 is 0 Å². The number of halogens is 1. The molecule has 78 valence electrons. The molecule has 2 rings (SSSR count). The van der Waals surface area contributed by atoms with Gasteiger partial charge in [0.2, 0.25) is 0 Å². The van der Waals surface area contributed by atoms with Gasteiger partial charge in [-0.3, -0.25) is 0 Å². The lowest BCUT2D eigenvalue weighted by molar-refractivity contribution is 0.881. The van der Waals surface area contributed by atoms with Gasteiger partial charge in [0.25, 0.3) is 0 Å². The summed E-state index contributed by atoms with van der Waals surface area (Å²) in [6.07, 6.45) is 0. The van der Waals surface area contributed by atoms with E-state index >= 15 is 0 Å². The Morgan fingerprint density at radius 3 is 2.80 bits per heavy atom. The summed E-state index contributed by atoms with van der Waals surface area (Å²) in [5, 5.41) is 2.06. The Hall–Kier alpha value is -0.640. The zero-order chi connectivity index (χ0) is 10.8. The second kappa shape index (κ2) is 4.47. The highest BCUT2D eigenvalue weighted by atomic mass is 79.9. The summed E-state index contributed by atoms with van der Waals surface area (Å²) in [6.45, 7) is 2.09. The van der Waals surface area contributed by atoms with Crippen molar-refractivity contribution in [1.82, 2.24) is 0 Å². The third kappa shape index (κ3) is 2.30. The monoisotopic (exact) mass is 281 g/mol. The van der Waals surface area contributed by atoms with Gasteiger partial charge in [-0.1, -0.05) is 28.1 Å². The average Bonchev–Trinajstić information content (AvgIpc) is 2.74. The van der Waals surface area contributed by atoms with Gasteiger partial charge in [0.05, 0.1) is 6.04 Å². The summed E-state index contributed by atoms with van der Waals surface area (Å²) in [7, 11) is 0. The lowest BCUT2D eigenvalue weighted by Gasteiger charge is -2.13. The van der Waals surface area contributed by atoms with Crippen molar-refractivity contribution in [3.63, 3.8) is 0 Å². The Labute approximate surface area is 102 Å². The third-order valence-corrected chi connectivity index (χ3v) is 3.87. The number of benzene rings is 1. The molecule has 0 fully saturated rings. The molecule has 0 saturated heterocycles. The summed E-state index contributed by atoms with van der Waals surface area (Å²) in [5.41, 5.74) is 8.64. The van der Waals surface area contributed by atoms with Gasteiger partial charge < -0.3 is 5.73 Å². The predicted molar refractivity (Wildman–Crippen MR) is 69.2 cm³/mol. The summed E-state index contributed by atoms with van der Waals surface area (Å²) in [5.74, 6) is 0. The number of thiophene rings is 1. The first kappa shape index (κ1) is 10.9. The van der Waals surface area contributed by atoms with Crippen LogP contribution in [0.4, 0.5) is 0 Å². The van der Waals surface area contributed by atoms with E-state index in [0.717, 1.165) is 4.47 Å². The highest BCUT2D eigenvalue weighted by Crippen LogP contribution is 2.28. The molecule has 1 aromatic heterocycles. The minimum absolute atomic E-state index is 0.0116. The fourth-order valence-corrected chi connectivity index (χ4v) is 2.69. The van der Waals surface area contributed by atoms with Gasteiger partial charge in [-0.25, -0.2) is 0 Å². The second-order valence-corrected chi connectivity index (χ2v) is 5.39. The van der Waals surface area contributed by atoms with Crippen LogP contribution in [0, 0.1) is 6.92 Å². The molecule has 0 aliphatic rings. The van der Waals surface area contributed by atoms with Crippen molar-refractivity contribution in [3.05, 3.63) is 56.2 Å². The first-order chi connectivity index (χ1) is 7.18. The maximum atomic E-state index is 6.22. The van der Waals surface area contributed by atoms with Gasteiger partial charge in [-0.05, 0) is 41.6 Å². The van der Waals surface area contributed by atoms with Crippen LogP contribution in [0.1, 0.15) is 22.0 Å². The number of rotatable bonds is 2. The van der Waals surface area contributed by atoms with Crippen LogP contribution in [0.5, 0.6) is 0 Å². The maximum Gasteiger partial charge on any atom is 0.0648 e. The predicted octanol–water partition coefficient (Wildman–Crippen LogP) is 3.87. The summed E-state index contributed by atoms with van der Waals surface area (Å²) >= 11 is 5.18. The molecule has 0 spiro atoms. The van der Waals surface area contributed by atoms with Crippen molar-refractivity contribution < 1.29 is 0 Å². The molecule has 3 heteroatoms. The van der Waals surface area contributed by atoms with Crippen molar-refractivity contribution in [2.75, 3.05) is 0 Å². The van der Waals surface area contributed by atoms with Crippen LogP contribution in [0.3, 0.4) is 0 Å². The van der Waals surface area contributed by atoms with E-state index in [0.29, 0.717) is 0 Å². The fourth-order valence-electron chi connectivity index (χ4n) is 1.57. The molecule has 1 heterocycles. The van der Waals surface area contributed by atoms with Crippen LogP contribution in [-0.4, -0.2) is 0 Å². The van der Waals surface area contributed by atoms with Crippen molar-refractivity contribution in [2.24, 2.45) is 5.73 Å². The molecule has 0 aliphatic heterocycles. The third-order valence-electron chi connectivity index (χ3n) is 2.43. The van der Waals surface area contributed by atoms with E-state index in [9.17, 15) is 0 Å². The zero-order valence-corrected chi connectivity index (χ0v) is 10.8. The van der Waals surface area contributed by atoms with Crippen molar-refractivity contribution >= 4 is 27.3 Å². The number of aryl methyl sites for hydroxylation is 1. The van der Waals surface area contributed by atoms with Crippen LogP contribution in [0.2, 0.25) is 0 Å². The molecule has 1 aromatic carbocycles. The Bertz CT molecular complexity index is 451. The van der Waals surface area contributed by atoms with Crippen molar-refractivity contribution in [3.8, 4) is 0 Å². The van der Waals surface area contributed by atoms with E-state index in [-0.39, 0.29) is 6.04 Å². The van der Waals surface area contributed by atoms with Crippen molar-refractivity contribution in [2.45, 2.75) is 13.0 Å². The molecule has 1 unspecified atom stereocenters. The average molecular weight is 282 g/mol. The summed E-state index contributed by atoms with van der Waals surface area (Å²) in [4.78, 5) is 1.20. The zero-order valence-electron chi connectivity index (χ0n) is 8.41. The quantitative estimate of drug-likeness (QED) is 0.889. The lowest BCUT2D eigenvalue weighted by Crippen LogP contribution is -2.11. The largest absolute Gasteiger partial charge is 0.320 e. The number of nitrogens with two attached hydrogens (primary N) is 1. The number of hydrogen-bond acceptors (Lipinski definition) is 2. The standard InChI is InChI=1S/C12H12BrNS/c1-8-4-5-9(13)7-10(8)12(14)11-3-2-6-15-11/h2-7,12H,14H2,1H3. The van der Waals surface area contributed by atoms with Crippen LogP contribution < -0.4 is 5.73 Å². The molecule has 0 bridgehead atoms. The molecule has 2 N–H and O–H groups in total. The SMILES string of the molecule is Cc1ccc(Br)cc1C(N)c1cccs1. The molecular weight excluding hydrogens is 270 g/mol. The van der Waals surface area contributed by atoms with E-state index in [1.54, 1.807) is 11.3 Å². The molecule has 0 radical (unpaired) electrons. The van der Waals surface area contributed by atoms with Crippen LogP contribution >= 0.6 is 27.3 Å². The lowest BCUT2D eigenvalue weighted by atomic mass is 10.0. The van der Waals surface area contributed by atoms with Gasteiger partial charge >= 0.3 is 0 Å². The molecule has 0 saturated carbocycles. The van der Waals surface area contributed by atoms with Gasteiger partial charge in [0.1, 0.15) is 0 Å². The Morgan fingerprint density at radius 2 is 2.13 bits per heavy atom. The van der Waals surface area contributed by atoms with Gasteiger partial charge in [0, 0.05) is 9.35 Å². The highest BCUT2D eigenvalue weighted by molar-refractivity contribution is 9.10. The molecule has 15 heavy (non-hydrogen) atoms. The van der Waals surface area contributed by atoms with E-state index in [2.05, 4.69) is 46.4 Å². The van der Waals surface area contributed by atoms with E-state index in [1.165, 1.54) is 16.0 Å². The molecule has 0 amide bonds. The topological polar surface area (TPSA) is 26.0 Å². The molecule has 2 aromatic rings. The fraction of sp³-hybridized carbons (Fsp3) is 0.167. The normalized spacial score (nSPS) is 12.7. The van der Waals surface area contributed by atoms with Crippen LogP contribution in [-0.2, 0) is 0 Å². The minimum atomic E-state index is -0.0116. The van der Waals surface area contributed by atoms with Gasteiger partial charge in [0.15, 0.2) is 0 Å². The first-order valence-electron chi connectivity index (χ1n) is 4.73. The molecule has 1 nitrogen and oxygen atoms in total. The summed E-state index contributed by atoms with van der Waals surface area (Å²) in [6, 6.07) is 10.3. The first-order valence-corrected chi connectivity index (χ1v) is 6.41. The Balaban J connectivity index is 2.41. The summed E-state index contributed by atoms with van der Waals surface area (Å²) < 4.78 is 1.08. The van der Waals surface area contributed by atoms with Crippen molar-refractivity contribution in [1.29, 1.82) is 0 Å². The Morgan fingerprint density at radius 1 is 1.33 bits per heavy atom. The maximum absolute atomic E-state index is 6.22. The second-order valence-electron chi connectivity index (χ2n) is 3.49. The smallest absolute Gasteiger partial charge is 0.0648 e. The van der Waals surface area contributed by atoms with Crippen LogP contribution in [0.15, 0.2) is 40.2 Å². The van der Waals surface area contributed by atoms with Gasteiger partial charge in [-0.2, -0.15) is 0 Å². The highest BCUT2D eigenvalue weighted by Gasteiger charge is 2.12. The van der Waals surface area contributed by atoms with Crippen LogP contribution in [0.25, 0.3) is 0 Å². The minimum Gasteiger partial charge on any atom is -0.320 e. The molecular formula is C12H12BrNS. The molecule has 1 atom stereocenters. The van der Waals surface area contributed by atoms with E-state index in [1.807, 2.05) is 12.1 Å². The molecule has 0 aliphatic carbocycles. The number of hydrogen-bond donors (Lipinski definition) is 1.